The molecule has 2 aliphatic rings. The summed E-state index contributed by atoms with van der Waals surface area (Å²) in [5, 5.41) is 18.4. The van der Waals surface area contributed by atoms with Gasteiger partial charge in [0.05, 0.1) is 42.1 Å². The second kappa shape index (κ2) is 9.52. The minimum Gasteiger partial charge on any atom is -0.390 e. The van der Waals surface area contributed by atoms with E-state index >= 15 is 0 Å². The Morgan fingerprint density at radius 3 is 2.54 bits per heavy atom. The lowest BCUT2D eigenvalue weighted by molar-refractivity contribution is -0.136. The molecule has 2 N–H and O–H groups in total. The van der Waals surface area contributed by atoms with Crippen LogP contribution in [0.2, 0.25) is 0 Å². The van der Waals surface area contributed by atoms with Crippen LogP contribution in [0.25, 0.3) is 27.8 Å². The summed E-state index contributed by atoms with van der Waals surface area (Å²) in [6.45, 7) is -1.08. The maximum atomic E-state index is 14.2. The standard InChI is InChI=1S/C28H20F5N5O3/c29-15-3-4-17(18(7-15)26(40)37-9-16(30)10-37)14-5-21(13-1-2-13)35-23(6-14)38-11-20(28(31,32)33)24-19(8-34)22(12-39)36-25(24)27(38)41/h3-7,11,13,16,36,39H,1-2,9-10,12H2. The number of hydrogen-bond acceptors (Lipinski definition) is 5. The summed E-state index contributed by atoms with van der Waals surface area (Å²) < 4.78 is 71.1. The van der Waals surface area contributed by atoms with Crippen LogP contribution in [-0.2, 0) is 12.8 Å². The van der Waals surface area contributed by atoms with Crippen molar-refractivity contribution in [2.75, 3.05) is 13.1 Å². The summed E-state index contributed by atoms with van der Waals surface area (Å²) in [7, 11) is 0. The summed E-state index contributed by atoms with van der Waals surface area (Å²) in [6, 6.07) is 8.06. The van der Waals surface area contributed by atoms with E-state index in [0.717, 1.165) is 25.0 Å². The van der Waals surface area contributed by atoms with Gasteiger partial charge in [0.2, 0.25) is 0 Å². The van der Waals surface area contributed by atoms with Gasteiger partial charge < -0.3 is 15.0 Å². The van der Waals surface area contributed by atoms with Gasteiger partial charge in [-0.15, -0.1) is 0 Å². The van der Waals surface area contributed by atoms with Gasteiger partial charge in [0.1, 0.15) is 29.4 Å². The monoisotopic (exact) mass is 569 g/mol. The summed E-state index contributed by atoms with van der Waals surface area (Å²) in [4.78, 5) is 34.8. The van der Waals surface area contributed by atoms with Crippen LogP contribution >= 0.6 is 0 Å². The van der Waals surface area contributed by atoms with Crippen LogP contribution in [0.5, 0.6) is 0 Å². The summed E-state index contributed by atoms with van der Waals surface area (Å²) in [5.74, 6) is -1.53. The number of pyridine rings is 2. The van der Waals surface area contributed by atoms with Gasteiger partial charge in [0.15, 0.2) is 0 Å². The van der Waals surface area contributed by atoms with Crippen molar-refractivity contribution in [3.05, 3.63) is 80.8 Å². The maximum Gasteiger partial charge on any atom is 0.418 e. The molecule has 13 heteroatoms. The molecular formula is C28H20F5N5O3. The Morgan fingerprint density at radius 2 is 1.93 bits per heavy atom. The van der Waals surface area contributed by atoms with Gasteiger partial charge in [-0.05, 0) is 48.2 Å². The molecule has 1 aromatic carbocycles. The average molecular weight is 569 g/mol. The number of H-pyrrole nitrogens is 1. The molecule has 1 aliphatic heterocycles. The predicted octanol–water partition coefficient (Wildman–Crippen LogP) is 4.57. The molecule has 0 radical (unpaired) electrons. The van der Waals surface area contributed by atoms with E-state index in [1.54, 1.807) is 12.1 Å². The molecule has 41 heavy (non-hydrogen) atoms. The fourth-order valence-electron chi connectivity index (χ4n) is 5.09. The number of nitriles is 1. The van der Waals surface area contributed by atoms with Crippen molar-refractivity contribution in [2.24, 2.45) is 0 Å². The first-order chi connectivity index (χ1) is 19.5. The van der Waals surface area contributed by atoms with Gasteiger partial charge in [-0.2, -0.15) is 18.4 Å². The molecule has 4 aromatic rings. The number of benzene rings is 1. The van der Waals surface area contributed by atoms with E-state index in [4.69, 9.17) is 0 Å². The summed E-state index contributed by atoms with van der Waals surface area (Å²) >= 11 is 0. The normalized spacial score (nSPS) is 15.7. The van der Waals surface area contributed by atoms with Crippen molar-refractivity contribution < 1.29 is 31.9 Å². The number of aliphatic hydroxyl groups is 1. The number of carbonyl (C=O) groups excluding carboxylic acids is 1. The Bertz CT molecular complexity index is 1830. The summed E-state index contributed by atoms with van der Waals surface area (Å²) in [6.07, 6.45) is -4.11. The zero-order valence-electron chi connectivity index (χ0n) is 21.1. The van der Waals surface area contributed by atoms with Crippen molar-refractivity contribution in [1.82, 2.24) is 19.4 Å². The number of aliphatic hydroxyl groups excluding tert-OH is 1. The van der Waals surface area contributed by atoms with Crippen LogP contribution < -0.4 is 5.56 Å². The molecule has 4 heterocycles. The largest absolute Gasteiger partial charge is 0.418 e. The molecule has 1 amide bonds. The number of nitrogens with one attached hydrogen (secondary N) is 1. The predicted molar refractivity (Wildman–Crippen MR) is 135 cm³/mol. The Hall–Kier alpha value is -4.57. The molecule has 1 saturated carbocycles. The van der Waals surface area contributed by atoms with Crippen LogP contribution in [-0.4, -0.2) is 49.7 Å². The highest BCUT2D eigenvalue weighted by molar-refractivity contribution is 6.01. The molecule has 1 aliphatic carbocycles. The van der Waals surface area contributed by atoms with E-state index in [1.807, 2.05) is 0 Å². The average Bonchev–Trinajstić information content (AvgIpc) is 3.70. The molecule has 0 atom stereocenters. The number of aromatic nitrogens is 3. The lowest BCUT2D eigenvalue weighted by atomic mass is 9.96. The number of hydrogen-bond donors (Lipinski definition) is 2. The first-order valence-corrected chi connectivity index (χ1v) is 12.6. The highest BCUT2D eigenvalue weighted by Gasteiger charge is 2.37. The van der Waals surface area contributed by atoms with E-state index in [1.165, 1.54) is 17.0 Å². The highest BCUT2D eigenvalue weighted by Crippen LogP contribution is 2.42. The van der Waals surface area contributed by atoms with Crippen LogP contribution in [0.15, 0.2) is 41.3 Å². The number of amides is 1. The van der Waals surface area contributed by atoms with Crippen molar-refractivity contribution >= 4 is 16.8 Å². The van der Waals surface area contributed by atoms with Crippen LogP contribution in [0.4, 0.5) is 22.0 Å². The third kappa shape index (κ3) is 4.54. The Kier molecular flexibility index (Phi) is 6.18. The molecule has 6 rings (SSSR count). The van der Waals surface area contributed by atoms with Crippen LogP contribution in [0, 0.1) is 17.1 Å². The molecule has 1 saturated heterocycles. The number of likely N-dealkylation sites (tertiary alicyclic amines) is 1. The minimum absolute atomic E-state index is 0.0332. The van der Waals surface area contributed by atoms with Crippen molar-refractivity contribution in [3.63, 3.8) is 0 Å². The Morgan fingerprint density at radius 1 is 1.20 bits per heavy atom. The smallest absolute Gasteiger partial charge is 0.390 e. The lowest BCUT2D eigenvalue weighted by Gasteiger charge is -2.34. The molecule has 0 bridgehead atoms. The van der Waals surface area contributed by atoms with E-state index in [9.17, 15) is 41.9 Å². The molecule has 3 aromatic heterocycles. The maximum absolute atomic E-state index is 14.2. The van der Waals surface area contributed by atoms with E-state index < -0.39 is 58.3 Å². The molecule has 8 nitrogen and oxygen atoms in total. The number of carbonyl (C=O) groups is 1. The van der Waals surface area contributed by atoms with Gasteiger partial charge >= 0.3 is 6.18 Å². The van der Waals surface area contributed by atoms with Gasteiger partial charge in [-0.1, -0.05) is 6.07 Å². The van der Waals surface area contributed by atoms with Crippen molar-refractivity contribution in [1.29, 1.82) is 5.26 Å². The number of halogens is 5. The zero-order valence-corrected chi connectivity index (χ0v) is 21.1. The number of rotatable bonds is 5. The third-order valence-electron chi connectivity index (χ3n) is 7.33. The first-order valence-electron chi connectivity index (χ1n) is 12.6. The quantitative estimate of drug-likeness (QED) is 0.342. The Balaban J connectivity index is 1.59. The molecular weight excluding hydrogens is 549 g/mol. The topological polar surface area (TPSA) is 115 Å². The second-order valence-corrected chi connectivity index (χ2v) is 10.1. The van der Waals surface area contributed by atoms with Crippen molar-refractivity contribution in [3.8, 4) is 23.0 Å². The SMILES string of the molecule is N#Cc1c(CO)[nH]c2c(=O)n(-c3cc(-c4ccc(F)cc4C(=O)N4CC(F)C4)cc(C4CC4)n3)cc(C(F)(F)F)c12. The van der Waals surface area contributed by atoms with E-state index in [-0.39, 0.29) is 41.6 Å². The second-order valence-electron chi connectivity index (χ2n) is 10.1. The number of nitrogens with zero attached hydrogens (tertiary/aromatic N) is 4. The molecule has 2 fully saturated rings. The van der Waals surface area contributed by atoms with Crippen LogP contribution in [0.1, 0.15) is 51.6 Å². The van der Waals surface area contributed by atoms with Crippen LogP contribution in [0.3, 0.4) is 0 Å². The first kappa shape index (κ1) is 26.6. The highest BCUT2D eigenvalue weighted by atomic mass is 19.4. The molecule has 0 unspecified atom stereocenters. The third-order valence-corrected chi connectivity index (χ3v) is 7.33. The van der Waals surface area contributed by atoms with Gasteiger partial charge in [-0.25, -0.2) is 13.8 Å². The van der Waals surface area contributed by atoms with Crippen molar-refractivity contribution in [2.45, 2.75) is 37.7 Å². The van der Waals surface area contributed by atoms with E-state index in [0.29, 0.717) is 22.0 Å². The van der Waals surface area contributed by atoms with Gasteiger partial charge in [0, 0.05) is 23.2 Å². The number of fused-ring (bicyclic) bond motifs is 1. The van der Waals surface area contributed by atoms with Gasteiger partial charge in [-0.3, -0.25) is 14.2 Å². The van der Waals surface area contributed by atoms with Gasteiger partial charge in [0.25, 0.3) is 11.5 Å². The molecule has 0 spiro atoms. The van der Waals surface area contributed by atoms with E-state index in [2.05, 4.69) is 9.97 Å². The minimum atomic E-state index is -4.98. The molecule has 210 valence electrons. The Labute approximate surface area is 228 Å². The zero-order chi connectivity index (χ0) is 29.2. The fourth-order valence-corrected chi connectivity index (χ4v) is 5.09. The fraction of sp³-hybridized carbons (Fsp3) is 0.286. The number of aromatic amines is 1. The number of alkyl halides is 4. The lowest BCUT2D eigenvalue weighted by Crippen LogP contribution is -2.51. The summed E-state index contributed by atoms with van der Waals surface area (Å²) in [5.41, 5.74) is -2.54.